The Hall–Kier alpha value is -2.78. The number of rotatable bonds is 3. The molecule has 2 fully saturated rings. The summed E-state index contributed by atoms with van der Waals surface area (Å²) in [6.45, 7) is 2.02. The number of carbonyl (C=O) groups is 4. The molecule has 0 aromatic heterocycles. The first-order valence-electron chi connectivity index (χ1n) is 8.95. The third-order valence-electron chi connectivity index (χ3n) is 5.32. The number of carbonyl (C=O) groups excluding carboxylic acids is 4. The summed E-state index contributed by atoms with van der Waals surface area (Å²) >= 11 is 0. The molecule has 3 heterocycles. The van der Waals surface area contributed by atoms with Gasteiger partial charge in [-0.25, -0.2) is 0 Å². The van der Waals surface area contributed by atoms with Gasteiger partial charge in [0.25, 0.3) is 11.8 Å². The van der Waals surface area contributed by atoms with E-state index in [1.54, 1.807) is 18.2 Å². The fraction of sp³-hybridized carbons (Fsp3) is 0.444. The van der Waals surface area contributed by atoms with Gasteiger partial charge in [-0.15, -0.1) is 0 Å². The smallest absolute Gasteiger partial charge is 0.262 e. The minimum absolute atomic E-state index is 0.0284. The van der Waals surface area contributed by atoms with Gasteiger partial charge < -0.3 is 15.3 Å². The van der Waals surface area contributed by atoms with Crippen molar-refractivity contribution < 1.29 is 24.3 Å². The van der Waals surface area contributed by atoms with Crippen LogP contribution in [0.5, 0.6) is 0 Å². The number of anilines is 1. The second kappa shape index (κ2) is 6.75. The molecule has 142 valence electrons. The van der Waals surface area contributed by atoms with Gasteiger partial charge in [-0.05, 0) is 24.6 Å². The lowest BCUT2D eigenvalue weighted by molar-refractivity contribution is -0.136. The van der Waals surface area contributed by atoms with Crippen LogP contribution < -0.4 is 15.5 Å². The van der Waals surface area contributed by atoms with E-state index < -0.39 is 29.7 Å². The van der Waals surface area contributed by atoms with Gasteiger partial charge in [-0.3, -0.25) is 29.4 Å². The van der Waals surface area contributed by atoms with Crippen molar-refractivity contribution in [3.63, 3.8) is 0 Å². The second-order valence-corrected chi connectivity index (χ2v) is 6.91. The van der Waals surface area contributed by atoms with Crippen molar-refractivity contribution in [1.29, 1.82) is 0 Å². The van der Waals surface area contributed by atoms with Crippen LogP contribution in [0.25, 0.3) is 0 Å². The zero-order chi connectivity index (χ0) is 19.1. The highest BCUT2D eigenvalue weighted by molar-refractivity contribution is 6.23. The summed E-state index contributed by atoms with van der Waals surface area (Å²) in [5.41, 5.74) is 1.25. The highest BCUT2D eigenvalue weighted by Gasteiger charge is 2.44. The van der Waals surface area contributed by atoms with Crippen molar-refractivity contribution in [2.45, 2.75) is 24.9 Å². The average molecular weight is 372 g/mol. The van der Waals surface area contributed by atoms with E-state index in [9.17, 15) is 24.3 Å². The number of piperidine rings is 1. The topological polar surface area (TPSA) is 119 Å². The number of aliphatic hydroxyl groups is 1. The molecule has 27 heavy (non-hydrogen) atoms. The first kappa shape index (κ1) is 17.6. The van der Waals surface area contributed by atoms with Crippen LogP contribution in [0.1, 0.15) is 33.6 Å². The van der Waals surface area contributed by atoms with E-state index in [0.29, 0.717) is 13.1 Å². The lowest BCUT2D eigenvalue weighted by Gasteiger charge is -2.37. The maximum absolute atomic E-state index is 12.9. The highest BCUT2D eigenvalue weighted by Crippen LogP contribution is 2.31. The number of hydrogen-bond donors (Lipinski definition) is 3. The first-order valence-corrected chi connectivity index (χ1v) is 8.95. The summed E-state index contributed by atoms with van der Waals surface area (Å²) < 4.78 is 0. The predicted octanol–water partition coefficient (Wildman–Crippen LogP) is -1.14. The number of fused-ring (bicyclic) bond motifs is 1. The molecule has 4 rings (SSSR count). The number of hydrogen-bond acceptors (Lipinski definition) is 7. The van der Waals surface area contributed by atoms with Crippen LogP contribution in [0.15, 0.2) is 18.2 Å². The zero-order valence-electron chi connectivity index (χ0n) is 14.6. The van der Waals surface area contributed by atoms with Crippen LogP contribution in [0.4, 0.5) is 5.69 Å². The van der Waals surface area contributed by atoms with Gasteiger partial charge in [0.2, 0.25) is 11.8 Å². The van der Waals surface area contributed by atoms with E-state index in [1.165, 1.54) is 0 Å². The number of amides is 4. The molecule has 0 radical (unpaired) electrons. The Bertz CT molecular complexity index is 839. The van der Waals surface area contributed by atoms with Crippen LogP contribution in [-0.2, 0) is 9.59 Å². The summed E-state index contributed by atoms with van der Waals surface area (Å²) in [6.07, 6.45) is 0.224. The van der Waals surface area contributed by atoms with Crippen molar-refractivity contribution >= 4 is 29.3 Å². The van der Waals surface area contributed by atoms with Crippen molar-refractivity contribution in [2.24, 2.45) is 0 Å². The van der Waals surface area contributed by atoms with Gasteiger partial charge in [-0.2, -0.15) is 0 Å². The Morgan fingerprint density at radius 1 is 1.11 bits per heavy atom. The molecule has 2 unspecified atom stereocenters. The lowest BCUT2D eigenvalue weighted by atomic mass is 10.0. The maximum atomic E-state index is 12.9. The van der Waals surface area contributed by atoms with Crippen LogP contribution in [0, 0.1) is 0 Å². The Morgan fingerprint density at radius 2 is 1.89 bits per heavy atom. The summed E-state index contributed by atoms with van der Waals surface area (Å²) in [6, 6.07) is 3.91. The normalized spacial score (nSPS) is 25.7. The van der Waals surface area contributed by atoms with Crippen LogP contribution >= 0.6 is 0 Å². The van der Waals surface area contributed by atoms with E-state index in [2.05, 4.69) is 10.6 Å². The fourth-order valence-electron chi connectivity index (χ4n) is 3.90. The summed E-state index contributed by atoms with van der Waals surface area (Å²) in [4.78, 5) is 52.0. The van der Waals surface area contributed by atoms with Crippen LogP contribution in [-0.4, -0.2) is 72.0 Å². The van der Waals surface area contributed by atoms with E-state index in [-0.39, 0.29) is 36.6 Å². The molecule has 0 aliphatic carbocycles. The largest absolute Gasteiger partial charge is 0.394 e. The molecular weight excluding hydrogens is 352 g/mol. The maximum Gasteiger partial charge on any atom is 0.262 e. The van der Waals surface area contributed by atoms with E-state index in [1.807, 2.05) is 4.90 Å². The number of nitrogens with one attached hydrogen (secondary N) is 2. The Kier molecular flexibility index (Phi) is 4.40. The molecule has 3 N–H and O–H groups in total. The first-order chi connectivity index (χ1) is 13.0. The minimum atomic E-state index is -0.970. The molecule has 2 atom stereocenters. The predicted molar refractivity (Wildman–Crippen MR) is 94.2 cm³/mol. The van der Waals surface area contributed by atoms with Gasteiger partial charge in [-0.1, -0.05) is 0 Å². The van der Waals surface area contributed by atoms with E-state index in [0.717, 1.165) is 17.1 Å². The molecule has 9 heteroatoms. The monoisotopic (exact) mass is 372 g/mol. The molecule has 1 aromatic rings. The van der Waals surface area contributed by atoms with Crippen LogP contribution in [0.2, 0.25) is 0 Å². The number of benzene rings is 1. The van der Waals surface area contributed by atoms with Gasteiger partial charge in [0, 0.05) is 31.7 Å². The van der Waals surface area contributed by atoms with Gasteiger partial charge >= 0.3 is 0 Å². The second-order valence-electron chi connectivity index (χ2n) is 6.91. The van der Waals surface area contributed by atoms with Gasteiger partial charge in [0.15, 0.2) is 0 Å². The highest BCUT2D eigenvalue weighted by atomic mass is 16.3. The number of aliphatic hydroxyl groups excluding tert-OH is 1. The Balaban J connectivity index is 1.64. The average Bonchev–Trinajstić information content (AvgIpc) is 2.92. The molecule has 3 aliphatic rings. The van der Waals surface area contributed by atoms with Crippen LogP contribution in [0.3, 0.4) is 0 Å². The summed E-state index contributed by atoms with van der Waals surface area (Å²) in [5, 5.41) is 15.0. The quantitative estimate of drug-likeness (QED) is 0.574. The summed E-state index contributed by atoms with van der Waals surface area (Å²) in [5.74, 6) is -2.07. The van der Waals surface area contributed by atoms with E-state index in [4.69, 9.17) is 0 Å². The zero-order valence-corrected chi connectivity index (χ0v) is 14.6. The standard InChI is InChI=1S/C18H20N4O5/c23-9-11-8-19-5-6-21(11)10-1-2-12-13(7-10)18(27)22(17(12)26)14-3-4-15(24)20-16(14)25/h1-2,7,11,14,19,23H,3-6,8-9H2,(H,20,24,25). The Morgan fingerprint density at radius 3 is 2.63 bits per heavy atom. The molecule has 0 saturated carbocycles. The van der Waals surface area contributed by atoms with Crippen molar-refractivity contribution in [1.82, 2.24) is 15.5 Å². The molecule has 0 spiro atoms. The van der Waals surface area contributed by atoms with Gasteiger partial charge in [0.1, 0.15) is 6.04 Å². The molecular formula is C18H20N4O5. The third-order valence-corrected chi connectivity index (χ3v) is 5.32. The molecule has 0 bridgehead atoms. The van der Waals surface area contributed by atoms with Crippen molar-refractivity contribution in [3.8, 4) is 0 Å². The summed E-state index contributed by atoms with van der Waals surface area (Å²) in [7, 11) is 0. The molecule has 4 amide bonds. The Labute approximate surface area is 155 Å². The number of imide groups is 2. The van der Waals surface area contributed by atoms with Gasteiger partial charge in [0.05, 0.1) is 23.8 Å². The van der Waals surface area contributed by atoms with Crippen molar-refractivity contribution in [3.05, 3.63) is 29.3 Å². The number of piperazine rings is 1. The molecule has 9 nitrogen and oxygen atoms in total. The van der Waals surface area contributed by atoms with Crippen molar-refractivity contribution in [2.75, 3.05) is 31.1 Å². The third kappa shape index (κ3) is 2.88. The number of nitrogens with zero attached hydrogens (tertiary/aromatic N) is 2. The SMILES string of the molecule is O=C1CCC(N2C(=O)c3ccc(N4CCNCC4CO)cc3C2=O)C(=O)N1. The minimum Gasteiger partial charge on any atom is -0.394 e. The molecule has 2 saturated heterocycles. The molecule has 3 aliphatic heterocycles. The molecule has 1 aromatic carbocycles. The lowest BCUT2D eigenvalue weighted by Crippen LogP contribution is -2.54. The van der Waals surface area contributed by atoms with E-state index >= 15 is 0 Å². The fourth-order valence-corrected chi connectivity index (χ4v) is 3.90.